The molecule has 0 aliphatic carbocycles. The van der Waals surface area contributed by atoms with Crippen LogP contribution in [-0.2, 0) is 38.9 Å². The normalized spacial score (nSPS) is 19.8. The van der Waals surface area contributed by atoms with Gasteiger partial charge in [-0.2, -0.15) is 9.36 Å². The molecule has 2 amide bonds. The number of rotatable bonds is 7. The number of nitrogens with two attached hydrogens (primary N) is 1. The van der Waals surface area contributed by atoms with Crippen molar-refractivity contribution in [2.24, 2.45) is 12.2 Å². The number of fused-ring (bicyclic) bond motifs is 2. The third-order valence-corrected chi connectivity index (χ3v) is 8.58. The van der Waals surface area contributed by atoms with Crippen LogP contribution in [0.2, 0.25) is 0 Å². The third-order valence-electron chi connectivity index (χ3n) is 5.42. The van der Waals surface area contributed by atoms with Crippen molar-refractivity contribution in [1.29, 1.82) is 0 Å². The van der Waals surface area contributed by atoms with Crippen molar-refractivity contribution in [3.05, 3.63) is 40.9 Å². The minimum atomic E-state index is -1.28. The Labute approximate surface area is 220 Å². The van der Waals surface area contributed by atoms with Crippen molar-refractivity contribution >= 4 is 90.7 Å². The highest BCUT2D eigenvalue weighted by molar-refractivity contribution is 8.00. The van der Waals surface area contributed by atoms with Gasteiger partial charge in [0, 0.05) is 39.2 Å². The molecule has 2 atom stereocenters. The highest BCUT2D eigenvalue weighted by Crippen LogP contribution is 2.45. The molecule has 1 saturated heterocycles. The van der Waals surface area contributed by atoms with Gasteiger partial charge in [-0.25, -0.2) is 8.96 Å². The van der Waals surface area contributed by atoms with E-state index in [1.54, 1.807) is 0 Å². The Morgan fingerprint density at radius 2 is 2.28 bits per heavy atom. The molecule has 5 heterocycles. The van der Waals surface area contributed by atoms with Gasteiger partial charge in [0.15, 0.2) is 17.5 Å². The number of halogens is 1. The molecular formula is C20H16FN7O4S4. The summed E-state index contributed by atoms with van der Waals surface area (Å²) >= 11 is 8.70. The van der Waals surface area contributed by atoms with E-state index in [2.05, 4.69) is 24.7 Å². The number of nitrogens with one attached hydrogen (secondary N) is 1. The fourth-order valence-electron chi connectivity index (χ4n) is 3.84. The highest BCUT2D eigenvalue weighted by Gasteiger charge is 2.53. The van der Waals surface area contributed by atoms with Gasteiger partial charge in [0.1, 0.15) is 18.5 Å². The number of hydrogen-bond donors (Lipinski definition) is 2. The molecule has 3 aromatic rings. The number of anilines is 1. The van der Waals surface area contributed by atoms with Crippen LogP contribution in [0.25, 0.3) is 15.7 Å². The summed E-state index contributed by atoms with van der Waals surface area (Å²) in [6, 6.07) is 2.97. The number of nitrogens with zero attached hydrogens (tertiary/aromatic N) is 5. The summed E-state index contributed by atoms with van der Waals surface area (Å²) in [6.45, 7) is -1.28. The van der Waals surface area contributed by atoms with Crippen LogP contribution in [0.4, 0.5) is 9.52 Å². The molecule has 11 nitrogen and oxygen atoms in total. The number of aryl methyl sites for hydroxylation is 1. The molecule has 0 radical (unpaired) electrons. The van der Waals surface area contributed by atoms with Crippen LogP contribution < -0.4 is 15.6 Å². The zero-order chi connectivity index (χ0) is 25.6. The van der Waals surface area contributed by atoms with E-state index in [1.807, 2.05) is 36.1 Å². The molecule has 3 aromatic heterocycles. The second-order valence-corrected chi connectivity index (χ2v) is 11.0. The molecule has 0 saturated carbocycles. The van der Waals surface area contributed by atoms with Gasteiger partial charge in [0.25, 0.3) is 18.7 Å². The number of carbonyl (C=O) groups excluding carboxylic acids is 3. The van der Waals surface area contributed by atoms with E-state index < -0.39 is 40.9 Å². The monoisotopic (exact) mass is 565 g/mol. The van der Waals surface area contributed by atoms with Gasteiger partial charge in [0.05, 0.1) is 15.5 Å². The first-order chi connectivity index (χ1) is 17.3. The van der Waals surface area contributed by atoms with Gasteiger partial charge in [-0.3, -0.25) is 14.5 Å². The molecule has 0 unspecified atom stereocenters. The highest BCUT2D eigenvalue weighted by atomic mass is 32.2. The lowest BCUT2D eigenvalue weighted by atomic mass is 10.0. The van der Waals surface area contributed by atoms with Crippen LogP contribution in [0, 0.1) is 0 Å². The van der Waals surface area contributed by atoms with Crippen molar-refractivity contribution in [3.8, 4) is 0 Å². The first-order valence-electron chi connectivity index (χ1n) is 10.2. The molecule has 0 spiro atoms. The zero-order valence-electron chi connectivity index (χ0n) is 18.3. The number of oxime groups is 1. The smallest absolute Gasteiger partial charge is 0.278 e. The van der Waals surface area contributed by atoms with E-state index in [-0.39, 0.29) is 16.7 Å². The van der Waals surface area contributed by atoms with E-state index in [4.69, 9.17) is 18.4 Å². The number of β-lactam (4-membered cyclic amide) rings is 1. The summed E-state index contributed by atoms with van der Waals surface area (Å²) in [6.07, 6.45) is 3.91. The van der Waals surface area contributed by atoms with Crippen LogP contribution in [0.15, 0.2) is 35.4 Å². The predicted octanol–water partition coefficient (Wildman–Crippen LogP) is 0.692. The molecule has 2 aliphatic heterocycles. The lowest BCUT2D eigenvalue weighted by Crippen LogP contribution is -2.70. The lowest BCUT2D eigenvalue weighted by molar-refractivity contribution is -0.670. The van der Waals surface area contributed by atoms with Gasteiger partial charge in [-0.1, -0.05) is 5.16 Å². The summed E-state index contributed by atoms with van der Waals surface area (Å²) in [4.78, 5) is 48.9. The Bertz CT molecular complexity index is 1470. The average molecular weight is 566 g/mol. The molecule has 2 aliphatic rings. The molecular weight excluding hydrogens is 550 g/mol. The molecule has 186 valence electrons. The lowest BCUT2D eigenvalue weighted by Gasteiger charge is -2.50. The number of alkyl halides is 1. The minimum absolute atomic E-state index is 0.0701. The number of thiophene rings is 1. The number of hydrogen-bond acceptors (Lipinski definition) is 12. The Hall–Kier alpha value is -3.21. The molecule has 16 heteroatoms. The van der Waals surface area contributed by atoms with Gasteiger partial charge >= 0.3 is 0 Å². The van der Waals surface area contributed by atoms with Crippen molar-refractivity contribution in [2.45, 2.75) is 11.4 Å². The van der Waals surface area contributed by atoms with Gasteiger partial charge < -0.3 is 33.3 Å². The number of amides is 2. The van der Waals surface area contributed by atoms with Gasteiger partial charge in [0.2, 0.25) is 11.5 Å². The second-order valence-electron chi connectivity index (χ2n) is 7.65. The van der Waals surface area contributed by atoms with Crippen LogP contribution in [0.1, 0.15) is 10.7 Å². The fourth-order valence-corrected chi connectivity index (χ4v) is 7.13. The summed E-state index contributed by atoms with van der Waals surface area (Å²) in [5.41, 5.74) is 5.95. The Morgan fingerprint density at radius 1 is 1.47 bits per heavy atom. The van der Waals surface area contributed by atoms with Crippen LogP contribution in [-0.4, -0.2) is 60.9 Å². The summed E-state index contributed by atoms with van der Waals surface area (Å²) in [5, 5.41) is 5.86. The summed E-state index contributed by atoms with van der Waals surface area (Å²) in [7, 11) is 1.92. The number of thioether (sulfide) groups is 1. The summed E-state index contributed by atoms with van der Waals surface area (Å²) in [5.74, 6) is -1.10. The molecule has 5 rings (SSSR count). The topological polar surface area (TPSA) is 144 Å². The maximum Gasteiger partial charge on any atom is 0.278 e. The van der Waals surface area contributed by atoms with Crippen LogP contribution >= 0.6 is 34.6 Å². The largest absolute Gasteiger partial charge is 0.735 e. The minimum Gasteiger partial charge on any atom is -0.735 e. The second kappa shape index (κ2) is 9.68. The predicted molar refractivity (Wildman–Crippen MR) is 135 cm³/mol. The first-order valence-corrected chi connectivity index (χ1v) is 13.3. The van der Waals surface area contributed by atoms with Crippen LogP contribution in [0.3, 0.4) is 0 Å². The van der Waals surface area contributed by atoms with Crippen LogP contribution in [0.5, 0.6) is 0 Å². The van der Waals surface area contributed by atoms with Gasteiger partial charge in [-0.05, 0) is 6.07 Å². The SMILES string of the molecule is C[n+]1ccc2cc(C3=C(C(=O)[S-])N4C(=O)[C@@H](NC(=O)/C(=N\OCF)c5nsc(N)n5)[C@H]4SC3)sc2c1. The number of pyridine rings is 1. The van der Waals surface area contributed by atoms with Crippen molar-refractivity contribution in [3.63, 3.8) is 0 Å². The van der Waals surface area contributed by atoms with Crippen molar-refractivity contribution in [2.75, 3.05) is 18.3 Å². The average Bonchev–Trinajstić information content (AvgIpc) is 3.47. The Kier molecular flexibility index (Phi) is 6.59. The standard InChI is InChI=1S/C20H16FN7O4S4/c1-27-3-2-8-4-10(35-11(8)5-27)9-6-34-18-13(17(30)28(18)14(9)19(31)33)23-16(29)12(25-32-7-21)15-24-20(22)36-26-15/h2-5,13,18H,6-7H2,1H3,(H3-,22,23,24,26,29,31,33)/b25-12-/t13-,18-/m1/s1. The molecule has 1 fully saturated rings. The molecule has 0 aromatic carbocycles. The van der Waals surface area contributed by atoms with E-state index >= 15 is 0 Å². The number of nitrogen functional groups attached to an aromatic ring is 1. The maximum atomic E-state index is 13.1. The Morgan fingerprint density at radius 3 is 2.97 bits per heavy atom. The number of aromatic nitrogens is 3. The Balaban J connectivity index is 1.41. The zero-order valence-corrected chi connectivity index (χ0v) is 21.6. The van der Waals surface area contributed by atoms with E-state index in [0.717, 1.165) is 26.5 Å². The van der Waals surface area contributed by atoms with E-state index in [9.17, 15) is 18.8 Å². The molecule has 3 N–H and O–H groups in total. The van der Waals surface area contributed by atoms with Gasteiger partial charge in [-0.15, -0.1) is 23.1 Å². The number of carbonyl (C=O) groups is 3. The molecule has 0 bridgehead atoms. The summed E-state index contributed by atoms with van der Waals surface area (Å²) < 4.78 is 19.4. The first kappa shape index (κ1) is 24.5. The fraction of sp³-hybridized carbons (Fsp3) is 0.250. The third kappa shape index (κ3) is 4.29. The quantitative estimate of drug-likeness (QED) is 0.139. The van der Waals surface area contributed by atoms with Crippen molar-refractivity contribution < 1.29 is 28.2 Å². The van der Waals surface area contributed by atoms with Crippen molar-refractivity contribution in [1.82, 2.24) is 19.6 Å². The molecule has 36 heavy (non-hydrogen) atoms. The van der Waals surface area contributed by atoms with E-state index in [1.165, 1.54) is 28.0 Å². The van der Waals surface area contributed by atoms with E-state index in [0.29, 0.717) is 11.3 Å². The maximum absolute atomic E-state index is 13.1.